The maximum absolute atomic E-state index is 13.0. The molecule has 1 unspecified atom stereocenters. The first-order valence-corrected chi connectivity index (χ1v) is 9.14. The molecule has 2 aromatic rings. The number of nitrogens with zero attached hydrogens (tertiary/aromatic N) is 1. The standard InChI is InChI=1S/C20H23ClN2O3/c1-4-10-23-19(13-6-9-17(25-3)18(11-13)26-5-2)22-16-12-14(21)7-8-15(16)20(23)24/h6-9,11-12,19,22H,4-5,10H2,1-3H3. The third kappa shape index (κ3) is 3.44. The van der Waals surface area contributed by atoms with Crippen LogP contribution in [0.4, 0.5) is 5.69 Å². The third-order valence-corrected chi connectivity index (χ3v) is 4.58. The molecule has 1 atom stereocenters. The Balaban J connectivity index is 2.04. The second-order valence-corrected chi connectivity index (χ2v) is 6.52. The van der Waals surface area contributed by atoms with E-state index in [1.54, 1.807) is 25.3 Å². The number of anilines is 1. The van der Waals surface area contributed by atoms with Gasteiger partial charge in [-0.15, -0.1) is 0 Å². The molecule has 26 heavy (non-hydrogen) atoms. The van der Waals surface area contributed by atoms with Crippen molar-refractivity contribution in [3.8, 4) is 11.5 Å². The Labute approximate surface area is 158 Å². The number of rotatable bonds is 6. The molecule has 0 spiro atoms. The highest BCUT2D eigenvalue weighted by molar-refractivity contribution is 6.31. The SMILES string of the molecule is CCCN1C(=O)c2ccc(Cl)cc2NC1c1ccc(OC)c(OCC)c1. The molecule has 1 aliphatic rings. The number of fused-ring (bicyclic) bond motifs is 1. The van der Waals surface area contributed by atoms with E-state index in [9.17, 15) is 4.79 Å². The summed E-state index contributed by atoms with van der Waals surface area (Å²) < 4.78 is 11.1. The van der Waals surface area contributed by atoms with Crippen molar-refractivity contribution in [2.24, 2.45) is 0 Å². The minimum Gasteiger partial charge on any atom is -0.493 e. The first kappa shape index (κ1) is 18.4. The smallest absolute Gasteiger partial charge is 0.257 e. The van der Waals surface area contributed by atoms with Crippen molar-refractivity contribution in [1.82, 2.24) is 4.90 Å². The molecule has 3 rings (SSSR count). The van der Waals surface area contributed by atoms with Crippen molar-refractivity contribution in [1.29, 1.82) is 0 Å². The summed E-state index contributed by atoms with van der Waals surface area (Å²) in [6, 6.07) is 11.0. The van der Waals surface area contributed by atoms with Gasteiger partial charge in [0.05, 0.1) is 25.0 Å². The Morgan fingerprint density at radius 1 is 1.15 bits per heavy atom. The van der Waals surface area contributed by atoms with Crippen LogP contribution >= 0.6 is 11.6 Å². The number of methoxy groups -OCH3 is 1. The number of halogens is 1. The lowest BCUT2D eigenvalue weighted by molar-refractivity contribution is 0.0683. The second-order valence-electron chi connectivity index (χ2n) is 6.08. The summed E-state index contributed by atoms with van der Waals surface area (Å²) in [6.45, 7) is 5.17. The molecule has 2 aromatic carbocycles. The zero-order valence-corrected chi connectivity index (χ0v) is 16.0. The molecule has 5 nitrogen and oxygen atoms in total. The van der Waals surface area contributed by atoms with Crippen LogP contribution in [0.25, 0.3) is 0 Å². The van der Waals surface area contributed by atoms with Gasteiger partial charge in [-0.25, -0.2) is 0 Å². The second kappa shape index (κ2) is 7.87. The first-order chi connectivity index (χ1) is 12.6. The van der Waals surface area contributed by atoms with Crippen molar-refractivity contribution in [2.75, 3.05) is 25.6 Å². The van der Waals surface area contributed by atoms with Gasteiger partial charge in [-0.3, -0.25) is 4.79 Å². The minimum atomic E-state index is -0.293. The van der Waals surface area contributed by atoms with E-state index in [0.717, 1.165) is 17.7 Å². The molecule has 1 amide bonds. The van der Waals surface area contributed by atoms with E-state index in [1.807, 2.05) is 30.0 Å². The normalized spacial score (nSPS) is 16.1. The van der Waals surface area contributed by atoms with Crippen molar-refractivity contribution in [3.63, 3.8) is 0 Å². The van der Waals surface area contributed by atoms with Crippen LogP contribution in [0.3, 0.4) is 0 Å². The summed E-state index contributed by atoms with van der Waals surface area (Å²) in [5, 5.41) is 4.04. The molecule has 0 radical (unpaired) electrons. The number of benzene rings is 2. The van der Waals surface area contributed by atoms with E-state index < -0.39 is 0 Å². The molecule has 0 aromatic heterocycles. The van der Waals surface area contributed by atoms with E-state index in [4.69, 9.17) is 21.1 Å². The fourth-order valence-electron chi connectivity index (χ4n) is 3.19. The zero-order chi connectivity index (χ0) is 18.7. The Kier molecular flexibility index (Phi) is 5.57. The summed E-state index contributed by atoms with van der Waals surface area (Å²) >= 11 is 6.12. The van der Waals surface area contributed by atoms with Crippen molar-refractivity contribution < 1.29 is 14.3 Å². The number of carbonyl (C=O) groups excluding carboxylic acids is 1. The van der Waals surface area contributed by atoms with Gasteiger partial charge in [0.25, 0.3) is 5.91 Å². The molecule has 0 aliphatic carbocycles. The Morgan fingerprint density at radius 3 is 2.65 bits per heavy atom. The lowest BCUT2D eigenvalue weighted by Gasteiger charge is -2.38. The summed E-state index contributed by atoms with van der Waals surface area (Å²) in [7, 11) is 1.61. The summed E-state index contributed by atoms with van der Waals surface area (Å²) in [5.41, 5.74) is 2.31. The maximum Gasteiger partial charge on any atom is 0.257 e. The molecule has 6 heteroatoms. The van der Waals surface area contributed by atoms with Crippen LogP contribution < -0.4 is 14.8 Å². The van der Waals surface area contributed by atoms with Gasteiger partial charge in [0, 0.05) is 11.6 Å². The fraction of sp³-hybridized carbons (Fsp3) is 0.350. The van der Waals surface area contributed by atoms with Crippen molar-refractivity contribution >= 4 is 23.2 Å². The number of carbonyl (C=O) groups is 1. The molecular formula is C20H23ClN2O3. The van der Waals surface area contributed by atoms with E-state index in [0.29, 0.717) is 35.2 Å². The van der Waals surface area contributed by atoms with E-state index >= 15 is 0 Å². The molecule has 0 saturated carbocycles. The van der Waals surface area contributed by atoms with Crippen molar-refractivity contribution in [3.05, 3.63) is 52.5 Å². The average molecular weight is 375 g/mol. The number of amides is 1. The molecule has 1 heterocycles. The van der Waals surface area contributed by atoms with Crippen LogP contribution in [0.2, 0.25) is 5.02 Å². The highest BCUT2D eigenvalue weighted by Gasteiger charge is 2.33. The van der Waals surface area contributed by atoms with Gasteiger partial charge in [0.15, 0.2) is 11.5 Å². The van der Waals surface area contributed by atoms with E-state index in [-0.39, 0.29) is 12.1 Å². The van der Waals surface area contributed by atoms with Gasteiger partial charge in [-0.2, -0.15) is 0 Å². The summed E-state index contributed by atoms with van der Waals surface area (Å²) in [5.74, 6) is 1.33. The van der Waals surface area contributed by atoms with Crippen LogP contribution in [0.5, 0.6) is 11.5 Å². The number of nitrogens with one attached hydrogen (secondary N) is 1. The van der Waals surface area contributed by atoms with Gasteiger partial charge >= 0.3 is 0 Å². The summed E-state index contributed by atoms with van der Waals surface area (Å²) in [6.07, 6.45) is 0.569. The van der Waals surface area contributed by atoms with Crippen molar-refractivity contribution in [2.45, 2.75) is 26.4 Å². The average Bonchev–Trinajstić information content (AvgIpc) is 2.64. The Morgan fingerprint density at radius 2 is 1.96 bits per heavy atom. The lowest BCUT2D eigenvalue weighted by atomic mass is 10.0. The monoisotopic (exact) mass is 374 g/mol. The number of ether oxygens (including phenoxy) is 2. The van der Waals surface area contributed by atoms with Gasteiger partial charge < -0.3 is 19.7 Å². The molecule has 0 saturated heterocycles. The van der Waals surface area contributed by atoms with Gasteiger partial charge in [-0.1, -0.05) is 24.6 Å². The van der Waals surface area contributed by atoms with Crippen LogP contribution in [-0.2, 0) is 0 Å². The Bertz CT molecular complexity index is 810. The summed E-state index contributed by atoms with van der Waals surface area (Å²) in [4.78, 5) is 14.9. The highest BCUT2D eigenvalue weighted by Crippen LogP contribution is 2.37. The van der Waals surface area contributed by atoms with Gasteiger partial charge in [0.2, 0.25) is 0 Å². The molecule has 138 valence electrons. The third-order valence-electron chi connectivity index (χ3n) is 4.34. The fourth-order valence-corrected chi connectivity index (χ4v) is 3.36. The zero-order valence-electron chi connectivity index (χ0n) is 15.2. The molecule has 0 fully saturated rings. The molecular weight excluding hydrogens is 352 g/mol. The van der Waals surface area contributed by atoms with Crippen LogP contribution in [0, 0.1) is 0 Å². The topological polar surface area (TPSA) is 50.8 Å². The molecule has 0 bridgehead atoms. The van der Waals surface area contributed by atoms with Crippen LogP contribution in [0.1, 0.15) is 42.4 Å². The quantitative estimate of drug-likeness (QED) is 0.794. The van der Waals surface area contributed by atoms with Gasteiger partial charge in [0.1, 0.15) is 6.17 Å². The van der Waals surface area contributed by atoms with Crippen LogP contribution in [0.15, 0.2) is 36.4 Å². The Hall–Kier alpha value is -2.40. The van der Waals surface area contributed by atoms with E-state index in [2.05, 4.69) is 12.2 Å². The first-order valence-electron chi connectivity index (χ1n) is 8.76. The molecule has 1 aliphatic heterocycles. The van der Waals surface area contributed by atoms with E-state index in [1.165, 1.54) is 0 Å². The number of hydrogen-bond acceptors (Lipinski definition) is 4. The predicted octanol–water partition coefficient (Wildman–Crippen LogP) is 4.72. The number of hydrogen-bond donors (Lipinski definition) is 1. The van der Waals surface area contributed by atoms with Crippen LogP contribution in [-0.4, -0.2) is 31.1 Å². The van der Waals surface area contributed by atoms with Gasteiger partial charge in [-0.05, 0) is 49.2 Å². The maximum atomic E-state index is 13.0. The predicted molar refractivity (Wildman–Crippen MR) is 103 cm³/mol. The largest absolute Gasteiger partial charge is 0.493 e. The minimum absolute atomic E-state index is 0.00366. The highest BCUT2D eigenvalue weighted by atomic mass is 35.5. The molecule has 1 N–H and O–H groups in total. The lowest BCUT2D eigenvalue weighted by Crippen LogP contribution is -2.43.